The van der Waals surface area contributed by atoms with E-state index >= 15 is 0 Å². The Balaban J connectivity index is 1.52. The van der Waals surface area contributed by atoms with E-state index in [1.807, 2.05) is 60.1 Å². The van der Waals surface area contributed by atoms with Gasteiger partial charge in [-0.1, -0.05) is 18.2 Å². The number of ether oxygens (including phenoxy) is 1. The van der Waals surface area contributed by atoms with Crippen LogP contribution in [0.3, 0.4) is 0 Å². The largest absolute Gasteiger partial charge is 0.497 e. The van der Waals surface area contributed by atoms with E-state index in [1.165, 1.54) is 0 Å². The fourth-order valence-electron chi connectivity index (χ4n) is 2.96. The zero-order valence-corrected chi connectivity index (χ0v) is 15.1. The second-order valence-corrected chi connectivity index (χ2v) is 6.31. The first-order valence-corrected chi connectivity index (χ1v) is 8.64. The number of hydrogen-bond acceptors (Lipinski definition) is 3. The summed E-state index contributed by atoms with van der Waals surface area (Å²) in [6, 6.07) is 18.7. The van der Waals surface area contributed by atoms with Gasteiger partial charge in [0, 0.05) is 29.2 Å². The molecule has 2 heterocycles. The van der Waals surface area contributed by atoms with Crippen LogP contribution in [0.25, 0.3) is 16.9 Å². The number of anilines is 1. The second-order valence-electron chi connectivity index (χ2n) is 6.31. The molecular formula is C22H19N3O2. The molecule has 1 amide bonds. The minimum Gasteiger partial charge on any atom is -0.497 e. The molecule has 0 atom stereocenters. The van der Waals surface area contributed by atoms with Crippen molar-refractivity contribution < 1.29 is 9.53 Å². The number of carbonyl (C=O) groups excluding carboxylic acids is 1. The predicted octanol–water partition coefficient (Wildman–Crippen LogP) is 4.57. The van der Waals surface area contributed by atoms with Crippen LogP contribution in [0.15, 0.2) is 73.1 Å². The van der Waals surface area contributed by atoms with Gasteiger partial charge in [0.25, 0.3) is 5.91 Å². The molecule has 0 saturated heterocycles. The number of pyridine rings is 1. The summed E-state index contributed by atoms with van der Waals surface area (Å²) in [6.45, 7) is 2.05. The highest BCUT2D eigenvalue weighted by atomic mass is 16.5. The SMILES string of the molecule is COc1ccc(C(=O)Nc2ccc(-c3cn4cccc(C)c4n3)cc2)cc1. The number of rotatable bonds is 4. The molecule has 0 aliphatic heterocycles. The maximum atomic E-state index is 12.4. The van der Waals surface area contributed by atoms with Gasteiger partial charge >= 0.3 is 0 Å². The van der Waals surface area contributed by atoms with Crippen molar-refractivity contribution in [2.24, 2.45) is 0 Å². The number of hydrogen-bond donors (Lipinski definition) is 1. The summed E-state index contributed by atoms with van der Waals surface area (Å²) in [5, 5.41) is 2.90. The monoisotopic (exact) mass is 357 g/mol. The average molecular weight is 357 g/mol. The molecule has 0 saturated carbocycles. The topological polar surface area (TPSA) is 55.6 Å². The Morgan fingerprint density at radius 3 is 2.44 bits per heavy atom. The number of aromatic nitrogens is 2. The molecule has 1 N–H and O–H groups in total. The summed E-state index contributed by atoms with van der Waals surface area (Å²) >= 11 is 0. The van der Waals surface area contributed by atoms with Crippen LogP contribution >= 0.6 is 0 Å². The standard InChI is InChI=1S/C22H19N3O2/c1-15-4-3-13-25-14-20(24-21(15)25)16-5-9-18(10-6-16)23-22(26)17-7-11-19(27-2)12-8-17/h3-14H,1-2H3,(H,23,26). The molecule has 5 heteroatoms. The fraction of sp³-hybridized carbons (Fsp3) is 0.0909. The van der Waals surface area contributed by atoms with Crippen LogP contribution in [0.2, 0.25) is 0 Å². The van der Waals surface area contributed by atoms with Gasteiger partial charge < -0.3 is 14.5 Å². The Morgan fingerprint density at radius 2 is 1.78 bits per heavy atom. The van der Waals surface area contributed by atoms with Gasteiger partial charge in [0.1, 0.15) is 11.4 Å². The van der Waals surface area contributed by atoms with E-state index in [1.54, 1.807) is 31.4 Å². The molecule has 0 bridgehead atoms. The van der Waals surface area contributed by atoms with E-state index in [-0.39, 0.29) is 5.91 Å². The van der Waals surface area contributed by atoms with Crippen molar-refractivity contribution in [3.05, 3.63) is 84.2 Å². The number of aryl methyl sites for hydroxylation is 1. The molecule has 27 heavy (non-hydrogen) atoms. The molecule has 2 aromatic carbocycles. The first kappa shape index (κ1) is 16.8. The minimum absolute atomic E-state index is 0.159. The van der Waals surface area contributed by atoms with Crippen molar-refractivity contribution in [1.82, 2.24) is 9.38 Å². The van der Waals surface area contributed by atoms with Crippen LogP contribution in [0, 0.1) is 6.92 Å². The quantitative estimate of drug-likeness (QED) is 0.582. The molecule has 2 aromatic heterocycles. The van der Waals surface area contributed by atoms with Gasteiger partial charge in [-0.2, -0.15) is 0 Å². The smallest absolute Gasteiger partial charge is 0.255 e. The Kier molecular flexibility index (Phi) is 4.34. The number of imidazole rings is 1. The van der Waals surface area contributed by atoms with Gasteiger partial charge in [0.05, 0.1) is 12.8 Å². The van der Waals surface area contributed by atoms with Gasteiger partial charge in [-0.15, -0.1) is 0 Å². The van der Waals surface area contributed by atoms with Crippen LogP contribution in [-0.2, 0) is 0 Å². The summed E-state index contributed by atoms with van der Waals surface area (Å²) < 4.78 is 7.13. The second kappa shape index (κ2) is 6.96. The predicted molar refractivity (Wildman–Crippen MR) is 106 cm³/mol. The number of methoxy groups -OCH3 is 1. The Labute approximate surface area is 157 Å². The number of amides is 1. The first-order chi connectivity index (χ1) is 13.1. The average Bonchev–Trinajstić information content (AvgIpc) is 3.14. The van der Waals surface area contributed by atoms with Crippen LogP contribution in [0.5, 0.6) is 5.75 Å². The van der Waals surface area contributed by atoms with Crippen LogP contribution < -0.4 is 10.1 Å². The zero-order chi connectivity index (χ0) is 18.8. The maximum absolute atomic E-state index is 12.4. The molecule has 4 rings (SSSR count). The summed E-state index contributed by atoms with van der Waals surface area (Å²) in [5.41, 5.74) is 5.30. The third-order valence-electron chi connectivity index (χ3n) is 4.47. The maximum Gasteiger partial charge on any atom is 0.255 e. The molecule has 0 radical (unpaired) electrons. The fourth-order valence-corrected chi connectivity index (χ4v) is 2.96. The van der Waals surface area contributed by atoms with Gasteiger partial charge in [-0.05, 0) is 55.0 Å². The molecule has 0 aliphatic rings. The van der Waals surface area contributed by atoms with Crippen molar-refractivity contribution in [2.45, 2.75) is 6.92 Å². The molecule has 4 aromatic rings. The van der Waals surface area contributed by atoms with E-state index in [0.29, 0.717) is 5.56 Å². The Hall–Kier alpha value is -3.60. The summed E-state index contributed by atoms with van der Waals surface area (Å²) in [7, 11) is 1.60. The molecular weight excluding hydrogens is 338 g/mol. The minimum atomic E-state index is -0.159. The lowest BCUT2D eigenvalue weighted by Crippen LogP contribution is -2.11. The summed E-state index contributed by atoms with van der Waals surface area (Å²) in [5.74, 6) is 0.562. The molecule has 5 nitrogen and oxygen atoms in total. The number of nitrogens with zero attached hydrogens (tertiary/aromatic N) is 2. The van der Waals surface area contributed by atoms with Crippen LogP contribution in [0.1, 0.15) is 15.9 Å². The Bertz CT molecular complexity index is 1100. The lowest BCUT2D eigenvalue weighted by Gasteiger charge is -2.07. The first-order valence-electron chi connectivity index (χ1n) is 8.64. The Morgan fingerprint density at radius 1 is 1.04 bits per heavy atom. The van der Waals surface area contributed by atoms with E-state index in [4.69, 9.17) is 9.72 Å². The molecule has 0 unspecified atom stereocenters. The molecule has 0 spiro atoms. The van der Waals surface area contributed by atoms with E-state index in [9.17, 15) is 4.79 Å². The normalized spacial score (nSPS) is 10.7. The van der Waals surface area contributed by atoms with Crippen molar-refractivity contribution >= 4 is 17.2 Å². The number of nitrogens with one attached hydrogen (secondary N) is 1. The lowest BCUT2D eigenvalue weighted by atomic mass is 10.1. The lowest BCUT2D eigenvalue weighted by molar-refractivity contribution is 0.102. The van der Waals surface area contributed by atoms with Crippen LogP contribution in [0.4, 0.5) is 5.69 Å². The van der Waals surface area contributed by atoms with Gasteiger partial charge in [0.2, 0.25) is 0 Å². The van der Waals surface area contributed by atoms with Gasteiger partial charge in [-0.25, -0.2) is 4.98 Å². The zero-order valence-electron chi connectivity index (χ0n) is 15.1. The molecule has 134 valence electrons. The van der Waals surface area contributed by atoms with E-state index < -0.39 is 0 Å². The third-order valence-corrected chi connectivity index (χ3v) is 4.47. The van der Waals surface area contributed by atoms with Crippen molar-refractivity contribution in [1.29, 1.82) is 0 Å². The number of carbonyl (C=O) groups is 1. The van der Waals surface area contributed by atoms with Crippen molar-refractivity contribution in [3.8, 4) is 17.0 Å². The summed E-state index contributed by atoms with van der Waals surface area (Å²) in [6.07, 6.45) is 4.00. The highest BCUT2D eigenvalue weighted by molar-refractivity contribution is 6.04. The number of benzene rings is 2. The third kappa shape index (κ3) is 3.40. The number of fused-ring (bicyclic) bond motifs is 1. The highest BCUT2D eigenvalue weighted by Gasteiger charge is 2.08. The molecule has 0 aliphatic carbocycles. The van der Waals surface area contributed by atoms with Crippen molar-refractivity contribution in [3.63, 3.8) is 0 Å². The van der Waals surface area contributed by atoms with Gasteiger partial charge in [-0.3, -0.25) is 4.79 Å². The van der Waals surface area contributed by atoms with E-state index in [0.717, 1.165) is 33.9 Å². The summed E-state index contributed by atoms with van der Waals surface area (Å²) in [4.78, 5) is 17.1. The molecule has 0 fully saturated rings. The van der Waals surface area contributed by atoms with Crippen molar-refractivity contribution in [2.75, 3.05) is 12.4 Å². The van der Waals surface area contributed by atoms with E-state index in [2.05, 4.69) is 5.32 Å². The van der Waals surface area contributed by atoms with Gasteiger partial charge in [0.15, 0.2) is 0 Å². The van der Waals surface area contributed by atoms with Crippen LogP contribution in [-0.4, -0.2) is 22.4 Å². The highest BCUT2D eigenvalue weighted by Crippen LogP contribution is 2.23.